The molecule has 0 bridgehead atoms. The number of carbonyl (C=O) groups excluding carboxylic acids is 1. The van der Waals surface area contributed by atoms with Gasteiger partial charge in [-0.05, 0) is 36.5 Å². The number of rotatable bonds is 5. The van der Waals surface area contributed by atoms with E-state index in [0.29, 0.717) is 5.92 Å². The van der Waals surface area contributed by atoms with E-state index in [0.717, 1.165) is 43.5 Å². The largest absolute Gasteiger partial charge is 0.337 e. The zero-order valence-electron chi connectivity index (χ0n) is 14.4. The molecule has 1 saturated heterocycles. The fourth-order valence-electron chi connectivity index (χ4n) is 3.28. The Morgan fingerprint density at radius 1 is 1.29 bits per heavy atom. The monoisotopic (exact) mass is 436 g/mol. The van der Waals surface area contributed by atoms with E-state index in [1.165, 1.54) is 5.56 Å². The molecule has 1 heterocycles. The minimum absolute atomic E-state index is 0. The number of carbonyl (C=O) groups is 1. The summed E-state index contributed by atoms with van der Waals surface area (Å²) in [6, 6.07) is 8.76. The van der Waals surface area contributed by atoms with Crippen LogP contribution in [0, 0.1) is 5.92 Å². The quantitative estimate of drug-likeness (QED) is 0.630. The van der Waals surface area contributed by atoms with Crippen molar-refractivity contribution in [2.75, 3.05) is 25.5 Å². The molecule has 0 radical (unpaired) electrons. The van der Waals surface area contributed by atoms with Crippen LogP contribution in [-0.2, 0) is 11.3 Å². The molecule has 0 N–H and O–H groups in total. The second-order valence-electron chi connectivity index (χ2n) is 6.72. The third kappa shape index (κ3) is 6.55. The number of benzene rings is 1. The van der Waals surface area contributed by atoms with E-state index < -0.39 is 0 Å². The molecule has 1 amide bonds. The molecule has 24 heavy (non-hydrogen) atoms. The molecule has 1 aromatic rings. The minimum atomic E-state index is 0. The molecule has 2 rings (SSSR count). The second-order valence-corrected chi connectivity index (χ2v) is 7.90. The van der Waals surface area contributed by atoms with Gasteiger partial charge in [0.1, 0.15) is 5.88 Å². The van der Waals surface area contributed by atoms with Crippen molar-refractivity contribution in [2.24, 2.45) is 5.92 Å². The third-order valence-corrected chi connectivity index (χ3v) is 5.04. The van der Waals surface area contributed by atoms with Crippen LogP contribution in [0.1, 0.15) is 32.3 Å². The van der Waals surface area contributed by atoms with Crippen LogP contribution >= 0.6 is 39.9 Å². The first-order valence-corrected chi connectivity index (χ1v) is 9.64. The number of amides is 1. The van der Waals surface area contributed by atoms with E-state index in [9.17, 15) is 4.79 Å². The standard InChI is InChI=1S/C18H26BrClN2O.ClH/c1-14(2)10-17-13-21(8-3-9-22(17)18(23)11-20)12-15-4-6-16(19)7-5-15;/h4-7,14,17H,3,8-13H2,1-2H3;1H. The van der Waals surface area contributed by atoms with Gasteiger partial charge in [0.15, 0.2) is 0 Å². The molecule has 1 atom stereocenters. The van der Waals surface area contributed by atoms with Crippen molar-refractivity contribution in [3.05, 3.63) is 34.3 Å². The molecule has 0 aromatic heterocycles. The summed E-state index contributed by atoms with van der Waals surface area (Å²) >= 11 is 9.29. The Hall–Kier alpha value is -0.290. The number of hydrogen-bond acceptors (Lipinski definition) is 2. The lowest BCUT2D eigenvalue weighted by molar-refractivity contribution is -0.131. The first kappa shape index (κ1) is 21.8. The highest BCUT2D eigenvalue weighted by Crippen LogP contribution is 2.20. The second kappa shape index (κ2) is 10.6. The zero-order chi connectivity index (χ0) is 16.8. The lowest BCUT2D eigenvalue weighted by atomic mass is 10.0. The van der Waals surface area contributed by atoms with Crippen LogP contribution in [0.25, 0.3) is 0 Å². The van der Waals surface area contributed by atoms with Gasteiger partial charge in [0.25, 0.3) is 0 Å². The Labute approximate surface area is 165 Å². The Balaban J connectivity index is 0.00000288. The summed E-state index contributed by atoms with van der Waals surface area (Å²) in [5.41, 5.74) is 1.31. The summed E-state index contributed by atoms with van der Waals surface area (Å²) in [4.78, 5) is 16.7. The third-order valence-electron chi connectivity index (χ3n) is 4.28. The van der Waals surface area contributed by atoms with E-state index in [1.807, 2.05) is 4.90 Å². The van der Waals surface area contributed by atoms with Crippen LogP contribution in [0.5, 0.6) is 0 Å². The summed E-state index contributed by atoms with van der Waals surface area (Å²) < 4.78 is 1.11. The van der Waals surface area contributed by atoms with E-state index >= 15 is 0 Å². The van der Waals surface area contributed by atoms with Crippen molar-refractivity contribution in [2.45, 2.75) is 39.3 Å². The number of nitrogens with zero attached hydrogens (tertiary/aromatic N) is 2. The van der Waals surface area contributed by atoms with Crippen LogP contribution in [0.4, 0.5) is 0 Å². The zero-order valence-corrected chi connectivity index (χ0v) is 17.5. The fraction of sp³-hybridized carbons (Fsp3) is 0.611. The maximum atomic E-state index is 12.2. The van der Waals surface area contributed by atoms with Crippen LogP contribution < -0.4 is 0 Å². The Morgan fingerprint density at radius 2 is 1.96 bits per heavy atom. The Kier molecular flexibility index (Phi) is 9.65. The van der Waals surface area contributed by atoms with Gasteiger partial charge in [-0.15, -0.1) is 24.0 Å². The lowest BCUT2D eigenvalue weighted by Gasteiger charge is -2.32. The number of halogens is 3. The summed E-state index contributed by atoms with van der Waals surface area (Å²) in [6.45, 7) is 8.14. The maximum absolute atomic E-state index is 12.2. The maximum Gasteiger partial charge on any atom is 0.237 e. The van der Waals surface area contributed by atoms with E-state index in [-0.39, 0.29) is 30.2 Å². The van der Waals surface area contributed by atoms with Crippen molar-refractivity contribution >= 4 is 45.8 Å². The molecule has 1 fully saturated rings. The average molecular weight is 438 g/mol. The molecule has 1 aliphatic heterocycles. The topological polar surface area (TPSA) is 23.6 Å². The van der Waals surface area contributed by atoms with Gasteiger partial charge >= 0.3 is 0 Å². The molecule has 1 aliphatic rings. The molecule has 3 nitrogen and oxygen atoms in total. The molecule has 1 unspecified atom stereocenters. The van der Waals surface area contributed by atoms with Gasteiger partial charge in [0.2, 0.25) is 5.91 Å². The highest BCUT2D eigenvalue weighted by Gasteiger charge is 2.28. The van der Waals surface area contributed by atoms with E-state index in [1.54, 1.807) is 0 Å². The van der Waals surface area contributed by atoms with Crippen LogP contribution in [0.3, 0.4) is 0 Å². The summed E-state index contributed by atoms with van der Waals surface area (Å²) in [5, 5.41) is 0. The lowest BCUT2D eigenvalue weighted by Crippen LogP contribution is -2.45. The minimum Gasteiger partial charge on any atom is -0.337 e. The van der Waals surface area contributed by atoms with Gasteiger partial charge in [-0.25, -0.2) is 0 Å². The first-order chi connectivity index (χ1) is 11.0. The molecular weight excluding hydrogens is 411 g/mol. The van der Waals surface area contributed by atoms with Crippen molar-refractivity contribution in [3.8, 4) is 0 Å². The van der Waals surface area contributed by atoms with Gasteiger partial charge in [-0.1, -0.05) is 41.9 Å². The van der Waals surface area contributed by atoms with Gasteiger partial charge in [-0.2, -0.15) is 0 Å². The van der Waals surface area contributed by atoms with Crippen molar-refractivity contribution in [1.29, 1.82) is 0 Å². The molecule has 0 aliphatic carbocycles. The van der Waals surface area contributed by atoms with Gasteiger partial charge in [0, 0.05) is 36.7 Å². The summed E-state index contributed by atoms with van der Waals surface area (Å²) in [7, 11) is 0. The highest BCUT2D eigenvalue weighted by molar-refractivity contribution is 9.10. The van der Waals surface area contributed by atoms with Crippen LogP contribution in [-0.4, -0.2) is 47.3 Å². The molecule has 6 heteroatoms. The first-order valence-electron chi connectivity index (χ1n) is 8.32. The molecule has 0 saturated carbocycles. The van der Waals surface area contributed by atoms with E-state index in [4.69, 9.17) is 11.6 Å². The van der Waals surface area contributed by atoms with Gasteiger partial charge in [0.05, 0.1) is 0 Å². The van der Waals surface area contributed by atoms with E-state index in [2.05, 4.69) is 58.9 Å². The molecular formula is C18H27BrCl2N2O. The van der Waals surface area contributed by atoms with Crippen molar-refractivity contribution in [1.82, 2.24) is 9.80 Å². The van der Waals surface area contributed by atoms with Crippen molar-refractivity contribution < 1.29 is 4.79 Å². The predicted molar refractivity (Wildman–Crippen MR) is 107 cm³/mol. The Bertz CT molecular complexity index is 510. The Morgan fingerprint density at radius 3 is 2.54 bits per heavy atom. The van der Waals surface area contributed by atoms with Crippen LogP contribution in [0.15, 0.2) is 28.7 Å². The smallest absolute Gasteiger partial charge is 0.237 e. The fourth-order valence-corrected chi connectivity index (χ4v) is 3.70. The molecule has 136 valence electrons. The predicted octanol–water partition coefficient (Wildman–Crippen LogP) is 4.56. The summed E-state index contributed by atoms with van der Waals surface area (Å²) in [5.74, 6) is 0.725. The number of alkyl halides is 1. The van der Waals surface area contributed by atoms with Crippen molar-refractivity contribution in [3.63, 3.8) is 0 Å². The number of hydrogen-bond donors (Lipinski definition) is 0. The molecule has 0 spiro atoms. The normalized spacial score (nSPS) is 19.0. The molecule has 1 aromatic carbocycles. The highest BCUT2D eigenvalue weighted by atomic mass is 79.9. The van der Waals surface area contributed by atoms with Crippen LogP contribution in [0.2, 0.25) is 0 Å². The van der Waals surface area contributed by atoms with Gasteiger partial charge < -0.3 is 4.90 Å². The average Bonchev–Trinajstić information content (AvgIpc) is 2.70. The summed E-state index contributed by atoms with van der Waals surface area (Å²) in [6.07, 6.45) is 2.03. The van der Waals surface area contributed by atoms with Gasteiger partial charge in [-0.3, -0.25) is 9.69 Å². The SMILES string of the molecule is CC(C)CC1CN(Cc2ccc(Br)cc2)CCCN1C(=O)CCl.Cl.